The van der Waals surface area contributed by atoms with Crippen molar-refractivity contribution in [2.75, 3.05) is 41.0 Å². The Bertz CT molecular complexity index is 1340. The van der Waals surface area contributed by atoms with Crippen LogP contribution < -0.4 is 39.1 Å². The SMILES string of the molecule is C.CCCCCCCCCCCCCCCCCCOc1ccc(N)cc1N.Nc1ccc(Cc2ccc(N)cc2)cc1.Nc1ccc(N)cc1.[2H][2H]. The zero-order chi connectivity index (χ0) is 38.2. The number of hydrogen-bond donors (Lipinski definition) is 6. The summed E-state index contributed by atoms with van der Waals surface area (Å²) in [6.45, 7) is 3.03. The number of ether oxygens (including phenoxy) is 1. The minimum Gasteiger partial charge on any atom is -0.491 e. The molecule has 0 fully saturated rings. The molecule has 0 aliphatic rings. The molecule has 12 N–H and O–H groups in total. The van der Waals surface area contributed by atoms with Crippen LogP contribution in [0.1, 0.15) is 131 Å². The molecule has 0 heterocycles. The van der Waals surface area contributed by atoms with Crippen molar-refractivity contribution in [1.82, 2.24) is 0 Å². The number of hydrogen-bond acceptors (Lipinski definition) is 7. The van der Waals surface area contributed by atoms with Crippen LogP contribution in [0.15, 0.2) is 91.0 Å². The molecule has 0 aliphatic heterocycles. The van der Waals surface area contributed by atoms with Crippen molar-refractivity contribution in [3.05, 3.63) is 102 Å². The highest BCUT2D eigenvalue weighted by molar-refractivity contribution is 5.60. The van der Waals surface area contributed by atoms with Crippen LogP contribution in [-0.2, 0) is 6.42 Å². The summed E-state index contributed by atoms with van der Waals surface area (Å²) < 4.78 is 15.7. The van der Waals surface area contributed by atoms with Gasteiger partial charge in [-0.25, -0.2) is 0 Å². The van der Waals surface area contributed by atoms with E-state index < -0.39 is 0 Å². The summed E-state index contributed by atoms with van der Waals surface area (Å²) in [4.78, 5) is 0. The van der Waals surface area contributed by atoms with E-state index in [4.69, 9.17) is 42.1 Å². The van der Waals surface area contributed by atoms with Crippen molar-refractivity contribution in [3.63, 3.8) is 0 Å². The quantitative estimate of drug-likeness (QED) is 0.0394. The molecule has 4 aromatic rings. The average Bonchev–Trinajstić information content (AvgIpc) is 3.15. The second-order valence-electron chi connectivity index (χ2n) is 13.3. The van der Waals surface area contributed by atoms with E-state index in [9.17, 15) is 0 Å². The van der Waals surface area contributed by atoms with Crippen molar-refractivity contribution < 1.29 is 7.71 Å². The van der Waals surface area contributed by atoms with E-state index in [-0.39, 0.29) is 7.43 Å². The Kier molecular flexibility index (Phi) is 23.6. The fraction of sp³-hybridized carbons (Fsp3) is 0.455. The maximum atomic E-state index is 5.89. The van der Waals surface area contributed by atoms with Crippen LogP contribution in [0.2, 0.25) is 0 Å². The Hall–Kier alpha value is -4.52. The molecule has 4 aromatic carbocycles. The monoisotopic (exact) mass is 703 g/mol. The summed E-state index contributed by atoms with van der Waals surface area (Å²) >= 11 is 0. The van der Waals surface area contributed by atoms with Crippen LogP contribution in [-0.4, -0.2) is 6.61 Å². The molecule has 7 heteroatoms. The Morgan fingerprint density at radius 1 is 0.431 bits per heavy atom. The molecule has 0 amide bonds. The van der Waals surface area contributed by atoms with Gasteiger partial charge in [-0.05, 0) is 90.7 Å². The fourth-order valence-corrected chi connectivity index (χ4v) is 5.53. The zero-order valence-electron chi connectivity index (χ0n) is 32.8. The second-order valence-corrected chi connectivity index (χ2v) is 13.3. The molecule has 0 aromatic heterocycles. The van der Waals surface area contributed by atoms with Crippen LogP contribution in [0.5, 0.6) is 5.75 Å². The first-order chi connectivity index (χ1) is 25.3. The zero-order valence-corrected chi connectivity index (χ0v) is 30.8. The second kappa shape index (κ2) is 28.2. The van der Waals surface area contributed by atoms with E-state index in [1.165, 1.54) is 107 Å². The van der Waals surface area contributed by atoms with E-state index in [2.05, 4.69) is 6.92 Å². The van der Waals surface area contributed by atoms with Crippen molar-refractivity contribution >= 4 is 34.1 Å². The van der Waals surface area contributed by atoms with Crippen LogP contribution in [0.25, 0.3) is 0 Å². The average molecular weight is 703 g/mol. The molecule has 0 radical (unpaired) electrons. The number of nitrogen functional groups attached to an aromatic ring is 6. The van der Waals surface area contributed by atoms with Gasteiger partial charge in [0.05, 0.1) is 12.3 Å². The number of unbranched alkanes of at least 4 members (excludes halogenated alkanes) is 15. The van der Waals surface area contributed by atoms with E-state index in [0.29, 0.717) is 11.4 Å². The highest BCUT2D eigenvalue weighted by Crippen LogP contribution is 2.24. The third-order valence-electron chi connectivity index (χ3n) is 8.59. The van der Waals surface area contributed by atoms with Gasteiger partial charge in [0.15, 0.2) is 0 Å². The van der Waals surface area contributed by atoms with Crippen molar-refractivity contribution in [2.24, 2.45) is 0 Å². The summed E-state index contributed by atoms with van der Waals surface area (Å²) in [6.07, 6.45) is 23.1. The van der Waals surface area contributed by atoms with E-state index in [1.807, 2.05) is 60.7 Å². The van der Waals surface area contributed by atoms with E-state index in [1.54, 1.807) is 30.3 Å². The normalized spacial score (nSPS) is 10.4. The molecule has 0 saturated heterocycles. The smallest absolute Gasteiger partial charge is 0.142 e. The molecule has 0 unspecified atom stereocenters. The number of rotatable bonds is 20. The molecular weight excluding hydrogens is 629 g/mol. The summed E-state index contributed by atoms with van der Waals surface area (Å²) in [7, 11) is 0. The Morgan fingerprint density at radius 3 is 1.10 bits per heavy atom. The standard InChI is InChI=1S/C24H44N2O.C13H14N2.C6H8N2.CH4.H2/c1-2-3-4-5-6-7-8-9-10-11-12-13-14-15-16-17-20-27-24-19-18-22(25)21-23(24)26;14-12-5-1-10(2-6-12)9-11-3-7-13(15)8-4-11;7-5-1-2-6(8)4-3-5;;/h18-19,21H,2-17,20,25-26H2,1H3;1-8H,9,14-15H2;1-4H,7-8H2;1H4;1H/i;;;;1+1D. The minimum absolute atomic E-state index is 0. The maximum absolute atomic E-state index is 5.89. The van der Waals surface area contributed by atoms with Crippen molar-refractivity contribution in [2.45, 2.75) is 124 Å². The summed E-state index contributed by atoms with van der Waals surface area (Å²) in [5, 5.41) is 0. The molecule has 0 atom stereocenters. The lowest BCUT2D eigenvalue weighted by Gasteiger charge is -2.09. The molecule has 0 saturated carbocycles. The molecule has 51 heavy (non-hydrogen) atoms. The van der Waals surface area contributed by atoms with Gasteiger partial charge >= 0.3 is 0 Å². The first-order valence-corrected chi connectivity index (χ1v) is 18.8. The third kappa shape index (κ3) is 22.7. The minimum atomic E-state index is 0. The summed E-state index contributed by atoms with van der Waals surface area (Å²) in [5.74, 6) is 0.755. The molecule has 284 valence electrons. The molecule has 7 nitrogen and oxygen atoms in total. The first kappa shape index (κ1) is 42.6. The largest absolute Gasteiger partial charge is 0.491 e. The molecular formula is C44H72N6O. The highest BCUT2D eigenvalue weighted by atomic mass is 16.5. The van der Waals surface area contributed by atoms with Gasteiger partial charge in [-0.1, -0.05) is 135 Å². The predicted molar refractivity (Wildman–Crippen MR) is 229 cm³/mol. The van der Waals surface area contributed by atoms with Gasteiger partial charge in [0, 0.05) is 31.4 Å². The first-order valence-electron chi connectivity index (χ1n) is 19.8. The molecule has 4 rings (SSSR count). The van der Waals surface area contributed by atoms with Gasteiger partial charge in [0.2, 0.25) is 0 Å². The van der Waals surface area contributed by atoms with Gasteiger partial charge in [0.25, 0.3) is 0 Å². The van der Waals surface area contributed by atoms with E-state index in [0.717, 1.165) is 47.9 Å². The summed E-state index contributed by atoms with van der Waals surface area (Å²) in [5.41, 5.74) is 40.5. The Labute approximate surface area is 313 Å². The lowest BCUT2D eigenvalue weighted by molar-refractivity contribution is 0.306. The number of benzene rings is 4. The summed E-state index contributed by atoms with van der Waals surface area (Å²) in [6, 6.07) is 28.4. The van der Waals surface area contributed by atoms with Gasteiger partial charge in [0.1, 0.15) is 5.75 Å². The number of nitrogens with two attached hydrogens (primary N) is 6. The maximum Gasteiger partial charge on any atom is 0.142 e. The predicted octanol–water partition coefficient (Wildman–Crippen LogP) is 11.7. The fourth-order valence-electron chi connectivity index (χ4n) is 5.53. The molecule has 0 bridgehead atoms. The van der Waals surface area contributed by atoms with Crippen molar-refractivity contribution in [1.29, 1.82) is 0 Å². The molecule has 0 spiro atoms. The molecule has 0 aliphatic carbocycles. The highest BCUT2D eigenvalue weighted by Gasteiger charge is 2.01. The van der Waals surface area contributed by atoms with Gasteiger partial charge in [-0.3, -0.25) is 0 Å². The van der Waals surface area contributed by atoms with Gasteiger partial charge < -0.3 is 39.1 Å². The topological polar surface area (TPSA) is 165 Å². The lowest BCUT2D eigenvalue weighted by atomic mass is 10.0. The van der Waals surface area contributed by atoms with Crippen LogP contribution in [0, 0.1) is 0 Å². The van der Waals surface area contributed by atoms with Crippen LogP contribution in [0.3, 0.4) is 0 Å². The number of anilines is 6. The Morgan fingerprint density at radius 2 is 0.745 bits per heavy atom. The van der Waals surface area contributed by atoms with Crippen molar-refractivity contribution in [3.8, 4) is 5.75 Å². The lowest BCUT2D eigenvalue weighted by Crippen LogP contribution is -2.01. The Balaban J connectivity index is 0.000000862. The third-order valence-corrected chi connectivity index (χ3v) is 8.59. The van der Waals surface area contributed by atoms with Crippen LogP contribution in [0.4, 0.5) is 34.1 Å². The van der Waals surface area contributed by atoms with E-state index >= 15 is 0 Å². The van der Waals surface area contributed by atoms with Gasteiger partial charge in [-0.15, -0.1) is 0 Å². The van der Waals surface area contributed by atoms with Crippen LogP contribution >= 0.6 is 0 Å². The van der Waals surface area contributed by atoms with Gasteiger partial charge in [-0.2, -0.15) is 0 Å².